The molecule has 0 aliphatic carbocycles. The first-order valence-electron chi connectivity index (χ1n) is 6.04. The Kier molecular flexibility index (Phi) is 3.17. The molecule has 0 aromatic heterocycles. The van der Waals surface area contributed by atoms with Crippen LogP contribution in [-0.2, 0) is 15.2 Å². The van der Waals surface area contributed by atoms with Crippen molar-refractivity contribution in [3.63, 3.8) is 0 Å². The first-order chi connectivity index (χ1) is 9.66. The van der Waals surface area contributed by atoms with Crippen LogP contribution in [0, 0.1) is 0 Å². The highest BCUT2D eigenvalue weighted by molar-refractivity contribution is 7.89. The Morgan fingerprint density at radius 2 is 2.00 bits per heavy atom. The van der Waals surface area contributed by atoms with Gasteiger partial charge in [-0.05, 0) is 6.07 Å². The molecule has 1 aliphatic heterocycles. The van der Waals surface area contributed by atoms with E-state index in [9.17, 15) is 13.5 Å². The van der Waals surface area contributed by atoms with Crippen LogP contribution in [0.1, 0.15) is 5.56 Å². The SMILES string of the molecule is CN(C)S(=O)(=O)c1cc(Cl)c2c3c(cccc13)[C@](O)(Cl)N2. The summed E-state index contributed by atoms with van der Waals surface area (Å²) >= 11 is 12.2. The lowest BCUT2D eigenvalue weighted by atomic mass is 10.1. The summed E-state index contributed by atoms with van der Waals surface area (Å²) in [6, 6.07) is 6.30. The molecule has 112 valence electrons. The molecule has 21 heavy (non-hydrogen) atoms. The molecular formula is C13H12Cl2N2O3S. The predicted octanol–water partition coefficient (Wildman–Crippen LogP) is 2.51. The molecule has 1 aliphatic rings. The normalized spacial score (nSPS) is 21.0. The van der Waals surface area contributed by atoms with Crippen LogP contribution in [0.15, 0.2) is 29.2 Å². The fourth-order valence-corrected chi connectivity index (χ4v) is 4.13. The smallest absolute Gasteiger partial charge is 0.243 e. The number of rotatable bonds is 2. The van der Waals surface area contributed by atoms with Gasteiger partial charge < -0.3 is 10.4 Å². The van der Waals surface area contributed by atoms with Gasteiger partial charge in [0.2, 0.25) is 15.2 Å². The Labute approximate surface area is 132 Å². The fourth-order valence-electron chi connectivity index (χ4n) is 2.45. The standard InChI is InChI=1S/C13H12Cl2N2O3S/c1-17(2)21(19,20)10-6-9(14)12-11-7(10)4-3-5-8(11)13(15,18)16-12/h3-6,16,18H,1-2H3/t13-/m0/s1. The van der Waals surface area contributed by atoms with Crippen molar-refractivity contribution in [2.24, 2.45) is 0 Å². The van der Waals surface area contributed by atoms with Crippen LogP contribution in [0.4, 0.5) is 5.69 Å². The highest BCUT2D eigenvalue weighted by Gasteiger charge is 2.38. The van der Waals surface area contributed by atoms with E-state index in [4.69, 9.17) is 23.2 Å². The van der Waals surface area contributed by atoms with Crippen LogP contribution in [0.3, 0.4) is 0 Å². The average Bonchev–Trinajstić information content (AvgIpc) is 2.67. The van der Waals surface area contributed by atoms with E-state index in [-0.39, 0.29) is 9.92 Å². The second-order valence-corrected chi connectivity index (χ2v) is 8.07. The van der Waals surface area contributed by atoms with E-state index in [2.05, 4.69) is 5.32 Å². The molecule has 0 amide bonds. The molecule has 0 spiro atoms. The van der Waals surface area contributed by atoms with Gasteiger partial charge in [-0.1, -0.05) is 41.4 Å². The van der Waals surface area contributed by atoms with Gasteiger partial charge >= 0.3 is 0 Å². The second kappa shape index (κ2) is 4.47. The zero-order valence-electron chi connectivity index (χ0n) is 11.2. The van der Waals surface area contributed by atoms with Crippen LogP contribution < -0.4 is 5.32 Å². The van der Waals surface area contributed by atoms with E-state index < -0.39 is 15.2 Å². The number of aliphatic hydroxyl groups is 1. The molecule has 0 radical (unpaired) electrons. The molecular weight excluding hydrogens is 335 g/mol. The van der Waals surface area contributed by atoms with Crippen molar-refractivity contribution in [3.05, 3.63) is 34.9 Å². The summed E-state index contributed by atoms with van der Waals surface area (Å²) in [6.07, 6.45) is 0. The first kappa shape index (κ1) is 14.9. The van der Waals surface area contributed by atoms with Gasteiger partial charge in [-0.15, -0.1) is 0 Å². The zero-order chi connectivity index (χ0) is 15.6. The largest absolute Gasteiger partial charge is 0.355 e. The van der Waals surface area contributed by atoms with Crippen LogP contribution in [0.25, 0.3) is 10.8 Å². The van der Waals surface area contributed by atoms with Crippen molar-refractivity contribution in [1.29, 1.82) is 0 Å². The van der Waals surface area contributed by atoms with E-state index in [0.29, 0.717) is 22.0 Å². The predicted molar refractivity (Wildman–Crippen MR) is 83.2 cm³/mol. The molecule has 2 aromatic carbocycles. The van der Waals surface area contributed by atoms with E-state index in [0.717, 1.165) is 4.31 Å². The zero-order valence-corrected chi connectivity index (χ0v) is 13.5. The van der Waals surface area contributed by atoms with E-state index in [1.807, 2.05) is 0 Å². The molecule has 0 bridgehead atoms. The van der Waals surface area contributed by atoms with Gasteiger partial charge in [0.05, 0.1) is 15.6 Å². The molecule has 0 fully saturated rings. The van der Waals surface area contributed by atoms with Crippen LogP contribution in [-0.4, -0.2) is 31.9 Å². The van der Waals surface area contributed by atoms with Gasteiger partial charge in [-0.2, -0.15) is 0 Å². The highest BCUT2D eigenvalue weighted by atomic mass is 35.5. The quantitative estimate of drug-likeness (QED) is 0.647. The Morgan fingerprint density at radius 1 is 1.33 bits per heavy atom. The number of nitrogens with zero attached hydrogens (tertiary/aromatic N) is 1. The maximum absolute atomic E-state index is 12.5. The minimum atomic E-state index is -3.67. The second-order valence-electron chi connectivity index (χ2n) is 4.99. The molecule has 2 aromatic rings. The van der Waals surface area contributed by atoms with Gasteiger partial charge in [0, 0.05) is 30.4 Å². The maximum atomic E-state index is 12.5. The number of halogens is 2. The van der Waals surface area contributed by atoms with Crippen LogP contribution >= 0.6 is 23.2 Å². The third-order valence-corrected chi connectivity index (χ3v) is 5.93. The molecule has 3 rings (SSSR count). The number of alkyl halides is 1. The summed E-state index contributed by atoms with van der Waals surface area (Å²) in [5, 5.41) is 12.3. The lowest BCUT2D eigenvalue weighted by Crippen LogP contribution is -2.23. The van der Waals surface area contributed by atoms with Crippen molar-refractivity contribution < 1.29 is 13.5 Å². The van der Waals surface area contributed by atoms with Crippen LogP contribution in [0.5, 0.6) is 0 Å². The molecule has 0 saturated carbocycles. The first-order valence-corrected chi connectivity index (χ1v) is 8.23. The lowest BCUT2D eigenvalue weighted by Gasteiger charge is -2.16. The summed E-state index contributed by atoms with van der Waals surface area (Å²) in [5.41, 5.74) is 0.812. The van der Waals surface area contributed by atoms with E-state index in [1.165, 1.54) is 20.2 Å². The number of sulfonamides is 1. The number of anilines is 1. The molecule has 2 N–H and O–H groups in total. The Morgan fingerprint density at radius 3 is 2.62 bits per heavy atom. The van der Waals surface area contributed by atoms with Crippen molar-refractivity contribution in [3.8, 4) is 0 Å². The third kappa shape index (κ3) is 2.02. The third-order valence-electron chi connectivity index (χ3n) is 3.48. The summed E-state index contributed by atoms with van der Waals surface area (Å²) in [7, 11) is -0.779. The molecule has 0 saturated heterocycles. The minimum Gasteiger partial charge on any atom is -0.355 e. The number of nitrogens with one attached hydrogen (secondary N) is 1. The fraction of sp³-hybridized carbons (Fsp3) is 0.231. The van der Waals surface area contributed by atoms with Crippen LogP contribution in [0.2, 0.25) is 5.02 Å². The van der Waals surface area contributed by atoms with Crippen molar-refractivity contribution in [1.82, 2.24) is 4.31 Å². The molecule has 1 atom stereocenters. The molecule has 0 unspecified atom stereocenters. The summed E-state index contributed by atoms with van der Waals surface area (Å²) < 4.78 is 26.0. The Balaban J connectivity index is 2.48. The van der Waals surface area contributed by atoms with Gasteiger partial charge in [0.1, 0.15) is 0 Å². The Bertz CT molecular complexity index is 863. The summed E-state index contributed by atoms with van der Waals surface area (Å²) in [6.45, 7) is 0. The summed E-state index contributed by atoms with van der Waals surface area (Å²) in [5.74, 6) is 0. The molecule has 8 heteroatoms. The van der Waals surface area contributed by atoms with Crippen molar-refractivity contribution in [2.45, 2.75) is 10.1 Å². The van der Waals surface area contributed by atoms with Crippen molar-refractivity contribution >= 4 is 49.7 Å². The topological polar surface area (TPSA) is 69.6 Å². The van der Waals surface area contributed by atoms with Gasteiger partial charge in [0.15, 0.2) is 0 Å². The number of hydrogen-bond donors (Lipinski definition) is 2. The Hall–Kier alpha value is -1.05. The highest BCUT2D eigenvalue weighted by Crippen LogP contribution is 2.48. The number of benzene rings is 2. The average molecular weight is 347 g/mol. The summed E-state index contributed by atoms with van der Waals surface area (Å²) in [4.78, 5) is 0.0780. The number of hydrogen-bond acceptors (Lipinski definition) is 4. The van der Waals surface area contributed by atoms with Gasteiger partial charge in [-0.25, -0.2) is 12.7 Å². The monoisotopic (exact) mass is 346 g/mol. The lowest BCUT2D eigenvalue weighted by molar-refractivity contribution is 0.165. The minimum absolute atomic E-state index is 0.0780. The van der Waals surface area contributed by atoms with Crippen molar-refractivity contribution in [2.75, 3.05) is 19.4 Å². The van der Waals surface area contributed by atoms with Gasteiger partial charge in [0.25, 0.3) is 0 Å². The van der Waals surface area contributed by atoms with E-state index >= 15 is 0 Å². The maximum Gasteiger partial charge on any atom is 0.243 e. The molecule has 5 nitrogen and oxygen atoms in total. The van der Waals surface area contributed by atoms with E-state index in [1.54, 1.807) is 18.2 Å². The molecule has 1 heterocycles. The van der Waals surface area contributed by atoms with Gasteiger partial charge in [-0.3, -0.25) is 0 Å².